The van der Waals surface area contributed by atoms with Crippen LogP contribution in [-0.4, -0.2) is 21.0 Å². The van der Waals surface area contributed by atoms with Gasteiger partial charge >= 0.3 is 0 Å². The molecular weight excluding hydrogens is 482 g/mol. The molecule has 2 aromatic heterocycles. The van der Waals surface area contributed by atoms with Gasteiger partial charge in [0.25, 0.3) is 5.56 Å². The van der Waals surface area contributed by atoms with E-state index in [9.17, 15) is 4.79 Å². The second kappa shape index (κ2) is 10.4. The van der Waals surface area contributed by atoms with E-state index in [0.29, 0.717) is 12.3 Å². The Morgan fingerprint density at radius 1 is 0.833 bits per heavy atom. The van der Waals surface area contributed by atoms with Crippen molar-refractivity contribution in [3.63, 3.8) is 0 Å². The Hall–Kier alpha value is -3.19. The summed E-state index contributed by atoms with van der Waals surface area (Å²) in [5, 5.41) is 0.832. The van der Waals surface area contributed by atoms with Gasteiger partial charge in [-0.2, -0.15) is 0 Å². The standard InChI is InChI=1S/C30H27N3OS2/c34-30-28-25-16-17-32(18-22-10-4-1-5-11-22)20-26(25)36-29(28)31-27(21-35-24-14-8-3-9-15-24)33(30)19-23-12-6-2-7-13-23/h1-15H,16-21H2. The first kappa shape index (κ1) is 23.2. The predicted octanol–water partition coefficient (Wildman–Crippen LogP) is 6.36. The third-order valence-electron chi connectivity index (χ3n) is 6.66. The Morgan fingerprint density at radius 2 is 1.47 bits per heavy atom. The van der Waals surface area contributed by atoms with E-state index in [1.54, 1.807) is 23.1 Å². The number of benzene rings is 3. The molecule has 0 atom stereocenters. The molecule has 0 N–H and O–H groups in total. The summed E-state index contributed by atoms with van der Waals surface area (Å²) in [6.07, 6.45) is 0.891. The Balaban J connectivity index is 1.36. The molecule has 0 bridgehead atoms. The summed E-state index contributed by atoms with van der Waals surface area (Å²) >= 11 is 3.43. The van der Waals surface area contributed by atoms with E-state index >= 15 is 0 Å². The fourth-order valence-corrected chi connectivity index (χ4v) is 6.99. The quantitative estimate of drug-likeness (QED) is 0.239. The van der Waals surface area contributed by atoms with E-state index in [0.717, 1.165) is 47.7 Å². The van der Waals surface area contributed by atoms with Gasteiger partial charge in [-0.05, 0) is 35.2 Å². The second-order valence-corrected chi connectivity index (χ2v) is 11.3. The molecule has 36 heavy (non-hydrogen) atoms. The number of aromatic nitrogens is 2. The van der Waals surface area contributed by atoms with Crippen molar-refractivity contribution >= 4 is 33.3 Å². The lowest BCUT2D eigenvalue weighted by molar-refractivity contribution is 0.249. The predicted molar refractivity (Wildman–Crippen MR) is 150 cm³/mol. The van der Waals surface area contributed by atoms with Crippen molar-refractivity contribution in [3.8, 4) is 0 Å². The van der Waals surface area contributed by atoms with Gasteiger partial charge < -0.3 is 0 Å². The molecule has 0 aliphatic carbocycles. The van der Waals surface area contributed by atoms with Crippen LogP contribution < -0.4 is 5.56 Å². The molecule has 180 valence electrons. The molecule has 0 radical (unpaired) electrons. The van der Waals surface area contributed by atoms with Gasteiger partial charge in [-0.1, -0.05) is 78.9 Å². The lowest BCUT2D eigenvalue weighted by atomic mass is 10.0. The number of thioether (sulfide) groups is 1. The van der Waals surface area contributed by atoms with Crippen LogP contribution in [0.5, 0.6) is 0 Å². The number of nitrogens with zero attached hydrogens (tertiary/aromatic N) is 3. The monoisotopic (exact) mass is 509 g/mol. The normalized spacial score (nSPS) is 13.7. The van der Waals surface area contributed by atoms with E-state index in [2.05, 4.69) is 59.5 Å². The Kier molecular flexibility index (Phi) is 6.73. The first-order valence-corrected chi connectivity index (χ1v) is 14.1. The van der Waals surface area contributed by atoms with Gasteiger partial charge in [0.2, 0.25) is 0 Å². The molecule has 5 aromatic rings. The average Bonchev–Trinajstić information content (AvgIpc) is 3.29. The van der Waals surface area contributed by atoms with Crippen LogP contribution in [0.4, 0.5) is 0 Å². The fraction of sp³-hybridized carbons (Fsp3) is 0.200. The summed E-state index contributed by atoms with van der Waals surface area (Å²) in [7, 11) is 0. The van der Waals surface area contributed by atoms with Crippen LogP contribution in [-0.2, 0) is 31.8 Å². The largest absolute Gasteiger partial charge is 0.294 e. The minimum absolute atomic E-state index is 0.0986. The van der Waals surface area contributed by atoms with Crippen LogP contribution in [0.25, 0.3) is 10.2 Å². The van der Waals surface area contributed by atoms with Gasteiger partial charge in [-0.3, -0.25) is 14.3 Å². The van der Waals surface area contributed by atoms with Gasteiger partial charge in [0.05, 0.1) is 17.7 Å². The zero-order valence-corrected chi connectivity index (χ0v) is 21.6. The van der Waals surface area contributed by atoms with E-state index in [-0.39, 0.29) is 5.56 Å². The number of hydrogen-bond acceptors (Lipinski definition) is 5. The van der Waals surface area contributed by atoms with Crippen molar-refractivity contribution in [1.29, 1.82) is 0 Å². The topological polar surface area (TPSA) is 38.1 Å². The smallest absolute Gasteiger partial charge is 0.262 e. The summed E-state index contributed by atoms with van der Waals surface area (Å²) < 4.78 is 1.90. The highest BCUT2D eigenvalue weighted by molar-refractivity contribution is 7.98. The summed E-state index contributed by atoms with van der Waals surface area (Å²) in [6.45, 7) is 3.30. The summed E-state index contributed by atoms with van der Waals surface area (Å²) in [5.74, 6) is 1.50. The molecule has 0 saturated heterocycles. The van der Waals surface area contributed by atoms with Crippen LogP contribution in [0.2, 0.25) is 0 Å². The lowest BCUT2D eigenvalue weighted by Crippen LogP contribution is -2.30. The van der Waals surface area contributed by atoms with Gasteiger partial charge in [0.1, 0.15) is 10.7 Å². The molecule has 0 amide bonds. The van der Waals surface area contributed by atoms with Gasteiger partial charge in [-0.25, -0.2) is 4.98 Å². The highest BCUT2D eigenvalue weighted by Crippen LogP contribution is 2.34. The molecule has 6 rings (SSSR count). The van der Waals surface area contributed by atoms with Crippen molar-refractivity contribution in [3.05, 3.63) is 129 Å². The average molecular weight is 510 g/mol. The number of hydrogen-bond donors (Lipinski definition) is 0. The zero-order chi connectivity index (χ0) is 24.3. The molecule has 0 unspecified atom stereocenters. The SMILES string of the molecule is O=c1c2c3c(sc2nc(CSc2ccccc2)n1Cc1ccccc1)CN(Cc1ccccc1)CC3. The molecule has 3 aromatic carbocycles. The first-order valence-electron chi connectivity index (χ1n) is 12.3. The fourth-order valence-electron chi connectivity index (χ4n) is 4.85. The minimum atomic E-state index is 0.0986. The van der Waals surface area contributed by atoms with E-state index in [4.69, 9.17) is 4.98 Å². The first-order chi connectivity index (χ1) is 17.7. The maximum atomic E-state index is 14.0. The highest BCUT2D eigenvalue weighted by atomic mass is 32.2. The summed E-state index contributed by atoms with van der Waals surface area (Å²) in [6, 6.07) is 31.2. The Labute approximate surface area is 219 Å². The number of thiophene rings is 1. The molecule has 0 fully saturated rings. The van der Waals surface area contributed by atoms with Crippen molar-refractivity contribution in [2.75, 3.05) is 6.54 Å². The molecule has 6 heteroatoms. The summed E-state index contributed by atoms with van der Waals surface area (Å²) in [5.41, 5.74) is 3.75. The van der Waals surface area contributed by atoms with Crippen molar-refractivity contribution in [1.82, 2.24) is 14.5 Å². The Morgan fingerprint density at radius 3 is 2.17 bits per heavy atom. The van der Waals surface area contributed by atoms with E-state index in [1.165, 1.54) is 20.9 Å². The number of rotatable bonds is 7. The van der Waals surface area contributed by atoms with Crippen molar-refractivity contribution < 1.29 is 0 Å². The van der Waals surface area contributed by atoms with E-state index in [1.807, 2.05) is 41.0 Å². The van der Waals surface area contributed by atoms with Gasteiger partial charge in [-0.15, -0.1) is 23.1 Å². The minimum Gasteiger partial charge on any atom is -0.294 e. The second-order valence-electron chi connectivity index (χ2n) is 9.14. The summed E-state index contributed by atoms with van der Waals surface area (Å²) in [4.78, 5) is 24.9. The van der Waals surface area contributed by atoms with Crippen LogP contribution >= 0.6 is 23.1 Å². The Bertz CT molecular complexity index is 1530. The maximum absolute atomic E-state index is 14.0. The zero-order valence-electron chi connectivity index (χ0n) is 20.0. The van der Waals surface area contributed by atoms with Crippen LogP contribution in [0, 0.1) is 0 Å². The molecule has 1 aliphatic rings. The van der Waals surface area contributed by atoms with Crippen LogP contribution in [0.3, 0.4) is 0 Å². The third-order valence-corrected chi connectivity index (χ3v) is 8.78. The lowest BCUT2D eigenvalue weighted by Gasteiger charge is -2.26. The van der Waals surface area contributed by atoms with E-state index < -0.39 is 0 Å². The third kappa shape index (κ3) is 4.89. The molecule has 0 saturated carbocycles. The van der Waals surface area contributed by atoms with Crippen LogP contribution in [0.15, 0.2) is 101 Å². The molecule has 3 heterocycles. The maximum Gasteiger partial charge on any atom is 0.262 e. The van der Waals surface area contributed by atoms with Gasteiger partial charge in [0, 0.05) is 29.4 Å². The van der Waals surface area contributed by atoms with Crippen molar-refractivity contribution in [2.24, 2.45) is 0 Å². The molecule has 0 spiro atoms. The highest BCUT2D eigenvalue weighted by Gasteiger charge is 2.25. The van der Waals surface area contributed by atoms with Crippen LogP contribution in [0.1, 0.15) is 27.4 Å². The van der Waals surface area contributed by atoms with Crippen molar-refractivity contribution in [2.45, 2.75) is 36.7 Å². The molecule has 4 nitrogen and oxygen atoms in total. The number of fused-ring (bicyclic) bond motifs is 3. The molecular formula is C30H27N3OS2. The molecule has 1 aliphatic heterocycles. The van der Waals surface area contributed by atoms with Gasteiger partial charge in [0.15, 0.2) is 0 Å².